The van der Waals surface area contributed by atoms with Gasteiger partial charge in [0.1, 0.15) is 22.8 Å². The van der Waals surface area contributed by atoms with Crippen LogP contribution in [0.5, 0.6) is 5.75 Å². The first-order valence-electron chi connectivity index (χ1n) is 12.0. The molecule has 4 N–H and O–H groups in total. The van der Waals surface area contributed by atoms with Gasteiger partial charge in [0.15, 0.2) is 17.2 Å². The third-order valence-corrected chi connectivity index (χ3v) is 9.88. The molecule has 1 unspecified atom stereocenters. The van der Waals surface area contributed by atoms with Crippen LogP contribution in [0.15, 0.2) is 35.1 Å². The van der Waals surface area contributed by atoms with Crippen LogP contribution in [-0.2, 0) is 19.8 Å². The third kappa shape index (κ3) is 2.47. The number of allylic oxidation sites excluding steroid dienone is 1. The summed E-state index contributed by atoms with van der Waals surface area (Å²) in [5.41, 5.74) is -6.08. The van der Waals surface area contributed by atoms with Gasteiger partial charge in [-0.05, 0) is 30.4 Å². The molecule has 0 spiro atoms. The molecule has 1 fully saturated rings. The lowest BCUT2D eigenvalue weighted by molar-refractivity contribution is -0.199. The van der Waals surface area contributed by atoms with Gasteiger partial charge >= 0.3 is 0 Å². The van der Waals surface area contributed by atoms with Crippen molar-refractivity contribution in [3.05, 3.63) is 46.2 Å². The molecule has 0 aliphatic heterocycles. The summed E-state index contributed by atoms with van der Waals surface area (Å²) in [4.78, 5) is 40.5. The molecule has 188 valence electrons. The molecule has 4 rings (SSSR count). The van der Waals surface area contributed by atoms with Crippen molar-refractivity contribution in [3.63, 3.8) is 0 Å². The minimum Gasteiger partial charge on any atom is -0.508 e. The zero-order valence-electron chi connectivity index (χ0n) is 21.5. The molecule has 1 aromatic carbocycles. The molecule has 0 bridgehead atoms. The van der Waals surface area contributed by atoms with Crippen molar-refractivity contribution in [3.8, 4) is 5.75 Å². The summed E-state index contributed by atoms with van der Waals surface area (Å²) in [6.45, 7) is 13.8. The fourth-order valence-electron chi connectivity index (χ4n) is 7.63. The highest BCUT2D eigenvalue weighted by Gasteiger charge is 2.77. The highest BCUT2D eigenvalue weighted by molar-refractivity contribution is 6.24. The predicted octanol–water partition coefficient (Wildman–Crippen LogP) is 4.17. The Bertz CT molecular complexity index is 1270. The second-order valence-corrected chi connectivity index (χ2v) is 11.7. The molecular formula is C28H34O7. The van der Waals surface area contributed by atoms with Crippen molar-refractivity contribution < 1.29 is 34.8 Å². The average Bonchev–Trinajstić information content (AvgIpc) is 2.74. The maximum atomic E-state index is 14.4. The molecule has 1 aromatic rings. The van der Waals surface area contributed by atoms with Crippen LogP contribution in [0.2, 0.25) is 0 Å². The van der Waals surface area contributed by atoms with E-state index in [1.165, 1.54) is 6.07 Å². The molecule has 7 nitrogen and oxygen atoms in total. The fraction of sp³-hybridized carbons (Fsp3) is 0.536. The van der Waals surface area contributed by atoms with Crippen molar-refractivity contribution in [1.82, 2.24) is 0 Å². The largest absolute Gasteiger partial charge is 0.508 e. The monoisotopic (exact) mass is 482 g/mol. The van der Waals surface area contributed by atoms with E-state index in [4.69, 9.17) is 0 Å². The number of aliphatic hydroxyl groups is 3. The number of hydrogen-bond acceptors (Lipinski definition) is 7. The Labute approximate surface area is 205 Å². The van der Waals surface area contributed by atoms with Crippen molar-refractivity contribution in [2.45, 2.75) is 66.4 Å². The van der Waals surface area contributed by atoms with Crippen molar-refractivity contribution in [2.24, 2.45) is 28.6 Å². The van der Waals surface area contributed by atoms with Gasteiger partial charge in [-0.25, -0.2) is 0 Å². The number of hydrogen-bond donors (Lipinski definition) is 4. The van der Waals surface area contributed by atoms with Crippen LogP contribution in [-0.4, -0.2) is 43.4 Å². The number of phenols is 1. The number of aromatic hydroxyl groups is 1. The number of ketones is 3. The van der Waals surface area contributed by atoms with E-state index >= 15 is 0 Å². The van der Waals surface area contributed by atoms with Crippen LogP contribution in [0, 0.1) is 28.6 Å². The lowest BCUT2D eigenvalue weighted by Crippen LogP contribution is -2.74. The smallest absolute Gasteiger partial charge is 0.203 e. The van der Waals surface area contributed by atoms with Crippen LogP contribution in [0.3, 0.4) is 0 Å². The molecule has 5 atom stereocenters. The Balaban J connectivity index is 2.22. The zero-order valence-corrected chi connectivity index (χ0v) is 21.5. The van der Waals surface area contributed by atoms with Crippen LogP contribution in [0.25, 0.3) is 5.76 Å². The summed E-state index contributed by atoms with van der Waals surface area (Å²) in [5.74, 6) is -5.92. The number of Topliss-reactive ketones (excluding diaryl/α,β-unsaturated/α-hetero) is 3. The Hall–Kier alpha value is -2.93. The van der Waals surface area contributed by atoms with Crippen molar-refractivity contribution in [2.75, 3.05) is 0 Å². The predicted molar refractivity (Wildman–Crippen MR) is 130 cm³/mol. The number of carbonyl (C=O) groups excluding carboxylic acids is 3. The summed E-state index contributed by atoms with van der Waals surface area (Å²) in [5, 5.41) is 45.6. The summed E-state index contributed by atoms with van der Waals surface area (Å²) in [7, 11) is 0. The second kappa shape index (κ2) is 7.06. The molecule has 3 aliphatic rings. The first kappa shape index (κ1) is 25.2. The molecule has 0 saturated heterocycles. The van der Waals surface area contributed by atoms with Gasteiger partial charge in [-0.2, -0.15) is 0 Å². The van der Waals surface area contributed by atoms with Gasteiger partial charge in [0.25, 0.3) is 0 Å². The second-order valence-electron chi connectivity index (χ2n) is 11.7. The number of carbonyl (C=O) groups is 3. The summed E-state index contributed by atoms with van der Waals surface area (Å²) in [6, 6.07) is 4.85. The quantitative estimate of drug-likeness (QED) is 0.465. The van der Waals surface area contributed by atoms with E-state index in [2.05, 4.69) is 0 Å². The lowest BCUT2D eigenvalue weighted by Gasteiger charge is -2.67. The molecule has 0 heterocycles. The number of rotatable bonds is 2. The van der Waals surface area contributed by atoms with Crippen LogP contribution in [0.4, 0.5) is 0 Å². The van der Waals surface area contributed by atoms with Crippen molar-refractivity contribution in [1.29, 1.82) is 0 Å². The van der Waals surface area contributed by atoms with Crippen LogP contribution < -0.4 is 0 Å². The number of phenolic OH excluding ortho intramolecular Hbond substituents is 1. The Kier molecular flexibility index (Phi) is 5.08. The standard InChI is InChI=1S/C28H34O7/c1-12(2)19-21(31)17(13(3)29)23(33)28(35)24(34)20-22(32)18-15(10-9-11-16(18)30)25(5,6)26(20,7)14(4)27(19,28)8/h9-12,14,19,30,32-33,35H,1-8H3/t14-,19?,26-,27-,28+/m1/s1. The van der Waals surface area contributed by atoms with Gasteiger partial charge in [0.05, 0.1) is 5.56 Å². The molecule has 0 radical (unpaired) electrons. The first-order valence-corrected chi connectivity index (χ1v) is 12.0. The Morgan fingerprint density at radius 3 is 2.11 bits per heavy atom. The molecule has 3 aliphatic carbocycles. The van der Waals surface area contributed by atoms with E-state index in [-0.39, 0.29) is 22.8 Å². The molecule has 7 heteroatoms. The van der Waals surface area contributed by atoms with Gasteiger partial charge < -0.3 is 20.4 Å². The van der Waals surface area contributed by atoms with Gasteiger partial charge in [-0.15, -0.1) is 0 Å². The lowest BCUT2D eigenvalue weighted by atomic mass is 9.35. The molecular weight excluding hydrogens is 448 g/mol. The topological polar surface area (TPSA) is 132 Å². The van der Waals surface area contributed by atoms with Gasteiger partial charge in [0.2, 0.25) is 5.78 Å². The normalized spacial score (nSPS) is 36.2. The third-order valence-electron chi connectivity index (χ3n) is 9.88. The van der Waals surface area contributed by atoms with E-state index in [1.54, 1.807) is 32.9 Å². The van der Waals surface area contributed by atoms with E-state index in [1.807, 2.05) is 27.7 Å². The maximum absolute atomic E-state index is 14.4. The Morgan fingerprint density at radius 1 is 1.03 bits per heavy atom. The highest BCUT2D eigenvalue weighted by Crippen LogP contribution is 2.71. The number of benzene rings is 1. The van der Waals surface area contributed by atoms with Gasteiger partial charge in [-0.3, -0.25) is 14.4 Å². The fourth-order valence-corrected chi connectivity index (χ4v) is 7.63. The van der Waals surface area contributed by atoms with E-state index in [0.29, 0.717) is 5.56 Å². The van der Waals surface area contributed by atoms with Crippen LogP contribution in [0.1, 0.15) is 66.5 Å². The van der Waals surface area contributed by atoms with E-state index in [0.717, 1.165) is 6.92 Å². The average molecular weight is 483 g/mol. The molecule has 1 saturated carbocycles. The summed E-state index contributed by atoms with van der Waals surface area (Å²) in [6.07, 6.45) is 0. The zero-order chi connectivity index (χ0) is 26.6. The molecule has 0 amide bonds. The minimum absolute atomic E-state index is 0.0975. The number of aliphatic hydroxyl groups excluding tert-OH is 2. The molecule has 35 heavy (non-hydrogen) atoms. The molecule has 0 aromatic heterocycles. The minimum atomic E-state index is -2.63. The van der Waals surface area contributed by atoms with Crippen LogP contribution >= 0.6 is 0 Å². The summed E-state index contributed by atoms with van der Waals surface area (Å²) >= 11 is 0. The first-order chi connectivity index (χ1) is 15.9. The van der Waals surface area contributed by atoms with Crippen molar-refractivity contribution >= 4 is 23.1 Å². The van der Waals surface area contributed by atoms with E-state index in [9.17, 15) is 34.8 Å². The SMILES string of the molecule is CC(=O)C1=C(O)[C@]2(O)C(=O)C3=C(O)c4c(O)cccc4C(C)(C)[C@]3(C)[C@@H](C)[C@]2(C)C(C(C)C)C1=O. The maximum Gasteiger partial charge on any atom is 0.203 e. The van der Waals surface area contributed by atoms with Gasteiger partial charge in [0, 0.05) is 27.7 Å². The van der Waals surface area contributed by atoms with E-state index < -0.39 is 68.1 Å². The summed E-state index contributed by atoms with van der Waals surface area (Å²) < 4.78 is 0. The number of fused-ring (bicyclic) bond motifs is 3. The highest BCUT2D eigenvalue weighted by atomic mass is 16.3. The Morgan fingerprint density at radius 2 is 1.60 bits per heavy atom. The van der Waals surface area contributed by atoms with Gasteiger partial charge in [-0.1, -0.05) is 60.6 Å².